The average Bonchev–Trinajstić information content (AvgIpc) is 2.53. The van der Waals surface area contributed by atoms with Crippen molar-refractivity contribution in [3.05, 3.63) is 35.9 Å². The highest BCUT2D eigenvalue weighted by Gasteiger charge is 2.47. The van der Waals surface area contributed by atoms with E-state index in [-0.39, 0.29) is 24.5 Å². The van der Waals surface area contributed by atoms with Gasteiger partial charge in [0.2, 0.25) is 0 Å². The largest absolute Gasteiger partial charge is 0.462 e. The molecule has 1 aromatic carbocycles. The number of hydrogen-bond donors (Lipinski definition) is 1. The lowest BCUT2D eigenvalue weighted by atomic mass is 9.80. The standard InChI is InChI=1S/C21H33NO4.ClH/c1-19(2,15-25-14-16-10-8-7-9-11-16)18(23)26-17-12-20(3,4)22(24)21(5,6)13-17;/h7-11,17,24H,12-15H2,1-6H3;1H. The van der Waals surface area contributed by atoms with E-state index in [0.717, 1.165) is 5.56 Å². The van der Waals surface area contributed by atoms with Gasteiger partial charge in [-0.1, -0.05) is 30.3 Å². The van der Waals surface area contributed by atoms with Gasteiger partial charge >= 0.3 is 5.97 Å². The predicted octanol–water partition coefficient (Wildman–Crippen LogP) is 4.61. The monoisotopic (exact) mass is 399 g/mol. The molecule has 1 aliphatic rings. The summed E-state index contributed by atoms with van der Waals surface area (Å²) in [6.45, 7) is 12.3. The van der Waals surface area contributed by atoms with Gasteiger partial charge in [-0.15, -0.1) is 12.4 Å². The van der Waals surface area contributed by atoms with Gasteiger partial charge < -0.3 is 14.7 Å². The van der Waals surface area contributed by atoms with Crippen LogP contribution in [0.3, 0.4) is 0 Å². The van der Waals surface area contributed by atoms with Crippen molar-refractivity contribution in [1.82, 2.24) is 5.06 Å². The summed E-state index contributed by atoms with van der Waals surface area (Å²) < 4.78 is 11.6. The van der Waals surface area contributed by atoms with Crippen molar-refractivity contribution in [3.8, 4) is 0 Å². The maximum atomic E-state index is 12.7. The van der Waals surface area contributed by atoms with Crippen molar-refractivity contribution in [2.24, 2.45) is 5.41 Å². The number of benzene rings is 1. The van der Waals surface area contributed by atoms with E-state index < -0.39 is 16.5 Å². The molecule has 1 N–H and O–H groups in total. The zero-order valence-electron chi connectivity index (χ0n) is 17.3. The summed E-state index contributed by atoms with van der Waals surface area (Å²) in [5, 5.41) is 11.8. The Morgan fingerprint density at radius 3 is 2.19 bits per heavy atom. The van der Waals surface area contributed by atoms with Crippen LogP contribution in [0.5, 0.6) is 0 Å². The molecular formula is C21H34ClNO4. The molecule has 27 heavy (non-hydrogen) atoms. The van der Waals surface area contributed by atoms with Crippen LogP contribution in [-0.4, -0.2) is 40.0 Å². The fourth-order valence-corrected chi connectivity index (χ4v) is 3.63. The molecule has 6 heteroatoms. The van der Waals surface area contributed by atoms with Gasteiger partial charge in [0.1, 0.15) is 6.10 Å². The highest BCUT2D eigenvalue weighted by atomic mass is 35.5. The van der Waals surface area contributed by atoms with E-state index in [2.05, 4.69) is 0 Å². The Balaban J connectivity index is 0.00000364. The topological polar surface area (TPSA) is 59.0 Å². The Labute approximate surface area is 169 Å². The molecule has 0 spiro atoms. The first-order valence-corrected chi connectivity index (χ1v) is 9.26. The van der Waals surface area contributed by atoms with E-state index in [1.54, 1.807) is 0 Å². The number of carbonyl (C=O) groups excluding carboxylic acids is 1. The zero-order chi connectivity index (χ0) is 19.6. The van der Waals surface area contributed by atoms with Crippen LogP contribution in [0.4, 0.5) is 0 Å². The third-order valence-corrected chi connectivity index (χ3v) is 5.00. The van der Waals surface area contributed by atoms with Crippen molar-refractivity contribution in [1.29, 1.82) is 0 Å². The lowest BCUT2D eigenvalue weighted by Crippen LogP contribution is -2.61. The molecule has 1 saturated heterocycles. The molecule has 1 aliphatic heterocycles. The number of hydroxylamine groups is 2. The number of halogens is 1. The fraction of sp³-hybridized carbons (Fsp3) is 0.667. The summed E-state index contributed by atoms with van der Waals surface area (Å²) in [7, 11) is 0. The number of piperidine rings is 1. The molecule has 1 aromatic rings. The Kier molecular flexibility index (Phi) is 7.88. The molecule has 0 radical (unpaired) electrons. The first-order valence-electron chi connectivity index (χ1n) is 9.26. The second kappa shape index (κ2) is 8.91. The van der Waals surface area contributed by atoms with Crippen LogP contribution in [0.1, 0.15) is 59.9 Å². The van der Waals surface area contributed by atoms with Crippen molar-refractivity contribution in [3.63, 3.8) is 0 Å². The molecule has 5 nitrogen and oxygen atoms in total. The second-order valence-electron chi connectivity index (χ2n) is 9.23. The Morgan fingerprint density at radius 1 is 1.15 bits per heavy atom. The first-order chi connectivity index (χ1) is 11.9. The predicted molar refractivity (Wildman–Crippen MR) is 108 cm³/mol. The molecule has 154 valence electrons. The molecule has 0 amide bonds. The van der Waals surface area contributed by atoms with Gasteiger partial charge in [0.15, 0.2) is 0 Å². The van der Waals surface area contributed by atoms with Crippen LogP contribution in [0.2, 0.25) is 0 Å². The van der Waals surface area contributed by atoms with Crippen LogP contribution >= 0.6 is 12.4 Å². The van der Waals surface area contributed by atoms with E-state index in [0.29, 0.717) is 26.1 Å². The summed E-state index contributed by atoms with van der Waals surface area (Å²) in [5.74, 6) is -0.256. The van der Waals surface area contributed by atoms with Crippen LogP contribution in [-0.2, 0) is 20.9 Å². The second-order valence-corrected chi connectivity index (χ2v) is 9.23. The third kappa shape index (κ3) is 6.18. The van der Waals surface area contributed by atoms with Crippen molar-refractivity contribution in [2.75, 3.05) is 6.61 Å². The summed E-state index contributed by atoms with van der Waals surface area (Å²) in [6, 6.07) is 9.89. The Hall–Kier alpha value is -1.14. The molecule has 0 saturated carbocycles. The van der Waals surface area contributed by atoms with Crippen LogP contribution in [0.25, 0.3) is 0 Å². The summed E-state index contributed by atoms with van der Waals surface area (Å²) in [5.41, 5.74) is -0.531. The minimum Gasteiger partial charge on any atom is -0.462 e. The van der Waals surface area contributed by atoms with Crippen molar-refractivity contribution < 1.29 is 19.5 Å². The van der Waals surface area contributed by atoms with Crippen LogP contribution < -0.4 is 0 Å². The smallest absolute Gasteiger partial charge is 0.314 e. The molecule has 0 bridgehead atoms. The van der Waals surface area contributed by atoms with Gasteiger partial charge in [0.05, 0.1) is 18.6 Å². The molecule has 0 aromatic heterocycles. The lowest BCUT2D eigenvalue weighted by Gasteiger charge is -2.51. The van der Waals surface area contributed by atoms with Gasteiger partial charge in [-0.05, 0) is 47.1 Å². The van der Waals surface area contributed by atoms with Gasteiger partial charge in [-0.25, -0.2) is 0 Å². The van der Waals surface area contributed by atoms with Gasteiger partial charge in [-0.3, -0.25) is 4.79 Å². The van der Waals surface area contributed by atoms with E-state index in [1.807, 2.05) is 71.9 Å². The summed E-state index contributed by atoms with van der Waals surface area (Å²) in [6.07, 6.45) is 0.975. The normalized spacial score (nSPS) is 20.0. The molecule has 0 unspecified atom stereocenters. The zero-order valence-corrected chi connectivity index (χ0v) is 18.1. The van der Waals surface area contributed by atoms with Gasteiger partial charge in [0, 0.05) is 23.9 Å². The number of nitrogens with zero attached hydrogens (tertiary/aromatic N) is 1. The van der Waals surface area contributed by atoms with Crippen molar-refractivity contribution >= 4 is 18.4 Å². The van der Waals surface area contributed by atoms with Gasteiger partial charge in [0.25, 0.3) is 0 Å². The molecular weight excluding hydrogens is 366 g/mol. The number of ether oxygens (including phenoxy) is 2. The molecule has 0 atom stereocenters. The van der Waals surface area contributed by atoms with E-state index in [9.17, 15) is 10.0 Å². The van der Waals surface area contributed by atoms with Crippen LogP contribution in [0, 0.1) is 5.41 Å². The van der Waals surface area contributed by atoms with Crippen molar-refractivity contribution in [2.45, 2.75) is 78.2 Å². The maximum Gasteiger partial charge on any atom is 0.314 e. The highest BCUT2D eigenvalue weighted by Crippen LogP contribution is 2.38. The highest BCUT2D eigenvalue weighted by molar-refractivity contribution is 5.85. The maximum absolute atomic E-state index is 12.7. The SMILES string of the molecule is CC(C)(COCc1ccccc1)C(=O)OC1CC(C)(C)N(O)C(C)(C)C1.Cl. The number of carbonyl (C=O) groups is 1. The average molecular weight is 400 g/mol. The summed E-state index contributed by atoms with van der Waals surface area (Å²) in [4.78, 5) is 12.7. The lowest BCUT2D eigenvalue weighted by molar-refractivity contribution is -0.260. The summed E-state index contributed by atoms with van der Waals surface area (Å²) >= 11 is 0. The van der Waals surface area contributed by atoms with E-state index in [4.69, 9.17) is 9.47 Å². The third-order valence-electron chi connectivity index (χ3n) is 5.00. The van der Waals surface area contributed by atoms with Gasteiger partial charge in [-0.2, -0.15) is 5.06 Å². The number of rotatable bonds is 6. The fourth-order valence-electron chi connectivity index (χ4n) is 3.63. The first kappa shape index (κ1) is 23.9. The minimum absolute atomic E-state index is 0. The minimum atomic E-state index is -0.723. The Bertz CT molecular complexity index is 598. The molecule has 0 aliphatic carbocycles. The number of esters is 1. The Morgan fingerprint density at radius 2 is 1.67 bits per heavy atom. The van der Waals surface area contributed by atoms with Crippen LogP contribution in [0.15, 0.2) is 30.3 Å². The quantitative estimate of drug-likeness (QED) is 0.708. The molecule has 1 heterocycles. The number of hydrogen-bond acceptors (Lipinski definition) is 5. The van der Waals surface area contributed by atoms with E-state index in [1.165, 1.54) is 5.06 Å². The molecule has 2 rings (SSSR count). The van der Waals surface area contributed by atoms with E-state index >= 15 is 0 Å². The molecule has 1 fully saturated rings.